The van der Waals surface area contributed by atoms with Gasteiger partial charge in [0.25, 0.3) is 0 Å². The van der Waals surface area contributed by atoms with Gasteiger partial charge in [-0.15, -0.1) is 0 Å². The van der Waals surface area contributed by atoms with Crippen molar-refractivity contribution in [2.24, 2.45) is 0 Å². The Balaban J connectivity index is 3.14. The molecule has 0 aliphatic rings. The van der Waals surface area contributed by atoms with Crippen LogP contribution in [0.25, 0.3) is 0 Å². The molecule has 0 bridgehead atoms. The number of hydrogen-bond donors (Lipinski definition) is 0. The second kappa shape index (κ2) is 3.62. The summed E-state index contributed by atoms with van der Waals surface area (Å²) in [5.74, 6) is -1.75. The first kappa shape index (κ1) is 10.4. The van der Waals surface area contributed by atoms with Crippen LogP contribution in [0.3, 0.4) is 0 Å². The second-order valence-corrected chi connectivity index (χ2v) is 2.70. The van der Waals surface area contributed by atoms with Crippen molar-refractivity contribution >= 4 is 0 Å². The maximum atomic E-state index is 12.3. The van der Waals surface area contributed by atoms with E-state index in [1.165, 1.54) is 0 Å². The molecule has 0 radical (unpaired) electrons. The van der Waals surface area contributed by atoms with E-state index < -0.39 is 12.1 Å². The van der Waals surface area contributed by atoms with Gasteiger partial charge in [0.05, 0.1) is 17.2 Å². The van der Waals surface area contributed by atoms with Crippen molar-refractivity contribution < 1.29 is 13.2 Å². The highest BCUT2D eigenvalue weighted by Crippen LogP contribution is 2.34. The molecular weight excluding hydrogens is 195 g/mol. The van der Waals surface area contributed by atoms with Gasteiger partial charge < -0.3 is 0 Å². The third kappa shape index (κ3) is 1.99. The van der Waals surface area contributed by atoms with Crippen LogP contribution in [0.4, 0.5) is 13.2 Å². The normalized spacial score (nSPS) is 13.4. The summed E-state index contributed by atoms with van der Waals surface area (Å²) in [6.45, 7) is 0.961. The van der Waals surface area contributed by atoms with Gasteiger partial charge in [0.1, 0.15) is 12.4 Å². The third-order valence-electron chi connectivity index (χ3n) is 1.76. The highest BCUT2D eigenvalue weighted by molar-refractivity contribution is 5.32. The molecule has 1 aromatic heterocycles. The van der Waals surface area contributed by atoms with Gasteiger partial charge in [-0.1, -0.05) is 0 Å². The first-order chi connectivity index (χ1) is 6.46. The van der Waals surface area contributed by atoms with E-state index in [9.17, 15) is 13.2 Å². The van der Waals surface area contributed by atoms with Crippen molar-refractivity contribution in [3.8, 4) is 6.07 Å². The molecule has 0 saturated carbocycles. The van der Waals surface area contributed by atoms with Gasteiger partial charge in [-0.05, 0) is 6.92 Å². The summed E-state index contributed by atoms with van der Waals surface area (Å²) in [7, 11) is 0. The summed E-state index contributed by atoms with van der Waals surface area (Å²) in [5, 5.41) is 8.54. The van der Waals surface area contributed by atoms with E-state index >= 15 is 0 Å². The Morgan fingerprint density at radius 3 is 2.64 bits per heavy atom. The Morgan fingerprint density at radius 1 is 1.50 bits per heavy atom. The van der Waals surface area contributed by atoms with Gasteiger partial charge >= 0.3 is 6.18 Å². The molecule has 0 fully saturated rings. The van der Waals surface area contributed by atoms with Crippen molar-refractivity contribution in [2.45, 2.75) is 19.0 Å². The van der Waals surface area contributed by atoms with Gasteiger partial charge in [-0.3, -0.25) is 0 Å². The second-order valence-electron chi connectivity index (χ2n) is 2.70. The van der Waals surface area contributed by atoms with Crippen LogP contribution in [0, 0.1) is 11.3 Å². The van der Waals surface area contributed by atoms with E-state index in [1.807, 2.05) is 0 Å². The molecule has 6 heteroatoms. The predicted octanol–water partition coefficient (Wildman–Crippen LogP) is 2.01. The zero-order chi connectivity index (χ0) is 10.8. The third-order valence-corrected chi connectivity index (χ3v) is 1.76. The smallest absolute Gasteiger partial charge is 0.243 e. The van der Waals surface area contributed by atoms with Gasteiger partial charge in [0, 0.05) is 6.20 Å². The average Bonchev–Trinajstić information content (AvgIpc) is 2.15. The average molecular weight is 201 g/mol. The van der Waals surface area contributed by atoms with Crippen LogP contribution in [0.15, 0.2) is 12.5 Å². The van der Waals surface area contributed by atoms with Crippen LogP contribution in [-0.2, 0) is 0 Å². The maximum absolute atomic E-state index is 12.3. The van der Waals surface area contributed by atoms with E-state index in [4.69, 9.17) is 5.26 Å². The Kier molecular flexibility index (Phi) is 2.70. The standard InChI is InChI=1S/C8H6F3N3/c1-5(8(9,10)11)7-6(2-12)3-13-4-14-7/h3-5H,1H3/t5-/m1/s1. The van der Waals surface area contributed by atoms with Crippen LogP contribution < -0.4 is 0 Å². The number of nitriles is 1. The lowest BCUT2D eigenvalue weighted by molar-refractivity contribution is -0.147. The molecule has 74 valence electrons. The fourth-order valence-electron chi connectivity index (χ4n) is 0.925. The van der Waals surface area contributed by atoms with E-state index in [2.05, 4.69) is 9.97 Å². The number of nitrogens with zero attached hydrogens (tertiary/aromatic N) is 3. The molecule has 0 spiro atoms. The molecule has 1 rings (SSSR count). The molecule has 0 saturated heterocycles. The van der Waals surface area contributed by atoms with Gasteiger partial charge in [-0.25, -0.2) is 9.97 Å². The maximum Gasteiger partial charge on any atom is 0.397 e. The van der Waals surface area contributed by atoms with E-state index in [-0.39, 0.29) is 11.3 Å². The molecule has 0 unspecified atom stereocenters. The minimum absolute atomic E-state index is 0.141. The Hall–Kier alpha value is -1.64. The number of alkyl halides is 3. The summed E-state index contributed by atoms with van der Waals surface area (Å²) in [6, 6.07) is 1.62. The molecule has 14 heavy (non-hydrogen) atoms. The fourth-order valence-corrected chi connectivity index (χ4v) is 0.925. The lowest BCUT2D eigenvalue weighted by Crippen LogP contribution is -2.20. The van der Waals surface area contributed by atoms with Crippen LogP contribution in [0.5, 0.6) is 0 Å². The van der Waals surface area contributed by atoms with Gasteiger partial charge in [0.15, 0.2) is 0 Å². The van der Waals surface area contributed by atoms with Crippen molar-refractivity contribution in [2.75, 3.05) is 0 Å². The lowest BCUT2D eigenvalue weighted by Gasteiger charge is -2.15. The van der Waals surface area contributed by atoms with Crippen LogP contribution in [-0.4, -0.2) is 16.1 Å². The minimum Gasteiger partial charge on any atom is -0.243 e. The Labute approximate surface area is 78.2 Å². The summed E-state index contributed by atoms with van der Waals surface area (Å²) >= 11 is 0. The largest absolute Gasteiger partial charge is 0.397 e. The molecule has 1 aromatic rings. The molecule has 0 N–H and O–H groups in total. The van der Waals surface area contributed by atoms with Crippen LogP contribution >= 0.6 is 0 Å². The summed E-state index contributed by atoms with van der Waals surface area (Å²) < 4.78 is 36.8. The highest BCUT2D eigenvalue weighted by Gasteiger charge is 2.39. The molecule has 1 heterocycles. The summed E-state index contributed by atoms with van der Waals surface area (Å²) in [4.78, 5) is 6.94. The van der Waals surface area contributed by atoms with Crippen molar-refractivity contribution in [1.29, 1.82) is 5.26 Å². The molecular formula is C8H6F3N3. The predicted molar refractivity (Wildman–Crippen MR) is 41.2 cm³/mol. The Morgan fingerprint density at radius 2 is 2.14 bits per heavy atom. The molecule has 0 amide bonds. The molecule has 1 atom stereocenters. The van der Waals surface area contributed by atoms with Crippen LogP contribution in [0.2, 0.25) is 0 Å². The first-order valence-electron chi connectivity index (χ1n) is 3.73. The van der Waals surface area contributed by atoms with Gasteiger partial charge in [0.2, 0.25) is 0 Å². The van der Waals surface area contributed by atoms with Gasteiger partial charge in [-0.2, -0.15) is 18.4 Å². The number of aromatic nitrogens is 2. The zero-order valence-corrected chi connectivity index (χ0v) is 7.21. The van der Waals surface area contributed by atoms with Crippen molar-refractivity contribution in [3.05, 3.63) is 23.8 Å². The minimum atomic E-state index is -4.39. The Bertz CT molecular complexity index is 367. The summed E-state index contributed by atoms with van der Waals surface area (Å²) in [5.41, 5.74) is -0.424. The topological polar surface area (TPSA) is 49.6 Å². The monoisotopic (exact) mass is 201 g/mol. The van der Waals surface area contributed by atoms with Crippen molar-refractivity contribution in [1.82, 2.24) is 9.97 Å². The molecule has 0 aliphatic heterocycles. The van der Waals surface area contributed by atoms with Crippen LogP contribution in [0.1, 0.15) is 24.1 Å². The first-order valence-corrected chi connectivity index (χ1v) is 3.73. The van der Waals surface area contributed by atoms with Crippen molar-refractivity contribution in [3.63, 3.8) is 0 Å². The SMILES string of the molecule is C[C@H](c1ncncc1C#N)C(F)(F)F. The fraction of sp³-hybridized carbons (Fsp3) is 0.375. The molecule has 0 aromatic carbocycles. The number of rotatable bonds is 1. The molecule has 3 nitrogen and oxygen atoms in total. The summed E-state index contributed by atoms with van der Waals surface area (Å²) in [6.07, 6.45) is -2.32. The quantitative estimate of drug-likeness (QED) is 0.698. The highest BCUT2D eigenvalue weighted by atomic mass is 19.4. The van der Waals surface area contributed by atoms with E-state index in [0.717, 1.165) is 19.4 Å². The number of halogens is 3. The number of hydrogen-bond acceptors (Lipinski definition) is 3. The zero-order valence-electron chi connectivity index (χ0n) is 7.21. The van der Waals surface area contributed by atoms with E-state index in [0.29, 0.717) is 0 Å². The lowest BCUT2D eigenvalue weighted by atomic mass is 10.0. The van der Waals surface area contributed by atoms with E-state index in [1.54, 1.807) is 6.07 Å². The molecule has 0 aliphatic carbocycles.